The van der Waals surface area contributed by atoms with Gasteiger partial charge in [0.05, 0.1) is 32.0 Å². The van der Waals surface area contributed by atoms with Gasteiger partial charge in [-0.15, -0.1) is 0 Å². The van der Waals surface area contributed by atoms with E-state index in [-0.39, 0.29) is 40.5 Å². The Morgan fingerprint density at radius 1 is 1.20 bits per heavy atom. The van der Waals surface area contributed by atoms with Gasteiger partial charge in [0, 0.05) is 6.42 Å². The SMILES string of the molecule is C[C@@]1(F)C(n2cnc3c(N)ncnc32)O[C@H](COP(=O)(O)O[C@@H]2C[C@@H](CO)OC2n2cnc3c(=O)[nH]c(N)nc32)[C@H]1O.O=PO. The molecule has 24 heteroatoms. The fourth-order valence-corrected chi connectivity index (χ4v) is 5.99. The molecule has 2 fully saturated rings. The van der Waals surface area contributed by atoms with Crippen LogP contribution in [0, 0.1) is 0 Å². The zero-order valence-corrected chi connectivity index (χ0v) is 24.8. The van der Waals surface area contributed by atoms with Crippen molar-refractivity contribution < 1.29 is 52.0 Å². The van der Waals surface area contributed by atoms with E-state index in [2.05, 4.69) is 29.9 Å². The highest BCUT2D eigenvalue weighted by Crippen LogP contribution is 2.51. The Hall–Kier alpha value is -3.56. The number of nitrogens with zero attached hydrogens (tertiary/aromatic N) is 7. The molecule has 0 saturated carbocycles. The highest BCUT2D eigenvalue weighted by molar-refractivity contribution is 7.47. The predicted octanol–water partition coefficient (Wildman–Crippen LogP) is -0.922. The Morgan fingerprint density at radius 3 is 2.60 bits per heavy atom. The molecule has 0 spiro atoms. The van der Waals surface area contributed by atoms with Crippen LogP contribution >= 0.6 is 16.5 Å². The van der Waals surface area contributed by atoms with E-state index in [4.69, 9.17) is 39.4 Å². The normalized spacial score (nSPS) is 29.6. The molecular weight excluding hydrogens is 649 g/mol. The maximum absolute atomic E-state index is 15.7. The second-order valence-corrected chi connectivity index (χ2v) is 11.6. The summed E-state index contributed by atoms with van der Waals surface area (Å²) >= 11 is 0. The van der Waals surface area contributed by atoms with Crippen LogP contribution in [0.25, 0.3) is 22.3 Å². The van der Waals surface area contributed by atoms with Crippen molar-refractivity contribution >= 4 is 50.6 Å². The standard InChI is InChI=1S/C21H26FN10O9P.HO2P/c1-21(22)13(34)10(40-19(21)32-7-27-11-14(23)25-5-26-15(11)32)4-38-42(36,37)41-9-2-8(3-33)39-18(9)31-6-28-12-16(31)29-20(24)30-17(12)35;1-3-2/h5-10,13,18-19,33-34H,2-4H2,1H3,(H,36,37)(H2,23,25,26)(H3,24,29,30,35);(H,1,2)/t8-,9+,10+,13+,18?,19?,21-;/m0./s1. The molecule has 2 aliphatic rings. The zero-order chi connectivity index (χ0) is 32.7. The molecular formula is C21H27FN10O11P2. The van der Waals surface area contributed by atoms with Crippen molar-refractivity contribution in [2.45, 2.75) is 55.9 Å². The zero-order valence-electron chi connectivity index (χ0n) is 23.0. The summed E-state index contributed by atoms with van der Waals surface area (Å²) in [5.74, 6) is -0.143. The molecule has 9 N–H and O–H groups in total. The lowest BCUT2D eigenvalue weighted by Crippen LogP contribution is -2.40. The van der Waals surface area contributed by atoms with Crippen LogP contribution in [0.5, 0.6) is 0 Å². The second kappa shape index (κ2) is 12.7. The third-order valence-corrected chi connectivity index (χ3v) is 8.11. The van der Waals surface area contributed by atoms with E-state index in [0.717, 1.165) is 13.3 Å². The number of ether oxygens (including phenoxy) is 2. The summed E-state index contributed by atoms with van der Waals surface area (Å²) < 4.78 is 61.6. The number of aromatic amines is 1. The third kappa shape index (κ3) is 6.29. The number of hydrogen-bond acceptors (Lipinski definition) is 16. The fourth-order valence-electron chi connectivity index (χ4n) is 5.06. The van der Waals surface area contributed by atoms with E-state index >= 15 is 4.39 Å². The number of phosphoric acid groups is 1. The van der Waals surface area contributed by atoms with Gasteiger partial charge < -0.3 is 40.9 Å². The van der Waals surface area contributed by atoms with Gasteiger partial charge in [0.2, 0.25) is 5.95 Å². The van der Waals surface area contributed by atoms with Crippen LogP contribution in [-0.2, 0) is 27.7 Å². The summed E-state index contributed by atoms with van der Waals surface area (Å²) in [4.78, 5) is 52.0. The molecule has 6 heterocycles. The quantitative estimate of drug-likeness (QED) is 0.111. The van der Waals surface area contributed by atoms with Gasteiger partial charge in [-0.25, -0.2) is 33.5 Å². The van der Waals surface area contributed by atoms with Gasteiger partial charge in [-0.1, -0.05) is 0 Å². The Balaban J connectivity index is 0.00000128. The van der Waals surface area contributed by atoms with Crippen LogP contribution in [0.15, 0.2) is 23.8 Å². The second-order valence-electron chi connectivity index (χ2n) is 10.0. The lowest BCUT2D eigenvalue weighted by Gasteiger charge is -2.24. The van der Waals surface area contributed by atoms with E-state index < -0.39 is 77.8 Å². The van der Waals surface area contributed by atoms with Crippen molar-refractivity contribution in [1.82, 2.24) is 39.0 Å². The molecule has 4 aromatic rings. The number of phosphoric ester groups is 1. The Labute approximate surface area is 251 Å². The third-order valence-electron chi connectivity index (χ3n) is 7.10. The number of nitrogens with two attached hydrogens (primary N) is 2. The monoisotopic (exact) mass is 676 g/mol. The Morgan fingerprint density at radius 2 is 1.89 bits per heavy atom. The average molecular weight is 676 g/mol. The van der Waals surface area contributed by atoms with Gasteiger partial charge in [-0.05, 0) is 6.92 Å². The molecule has 2 aliphatic heterocycles. The predicted molar refractivity (Wildman–Crippen MR) is 148 cm³/mol. The first-order valence-corrected chi connectivity index (χ1v) is 15.1. The molecule has 3 unspecified atom stereocenters. The maximum Gasteiger partial charge on any atom is 0.472 e. The molecule has 0 bridgehead atoms. The highest BCUT2D eigenvalue weighted by Gasteiger charge is 2.56. The molecule has 6 rings (SSSR count). The number of nitrogens with one attached hydrogen (secondary N) is 1. The highest BCUT2D eigenvalue weighted by atomic mass is 31.2. The molecule has 0 aromatic carbocycles. The summed E-state index contributed by atoms with van der Waals surface area (Å²) in [6.07, 6.45) is -4.30. The van der Waals surface area contributed by atoms with Gasteiger partial charge in [0.15, 0.2) is 40.8 Å². The molecule has 8 atom stereocenters. The minimum absolute atomic E-state index is 0.0111. The minimum Gasteiger partial charge on any atom is -0.394 e. The molecule has 0 radical (unpaired) electrons. The molecule has 244 valence electrons. The van der Waals surface area contributed by atoms with Gasteiger partial charge in [0.1, 0.15) is 30.2 Å². The largest absolute Gasteiger partial charge is 0.472 e. The number of nitrogen functional groups attached to an aromatic ring is 2. The van der Waals surface area contributed by atoms with Crippen LogP contribution in [0.1, 0.15) is 25.8 Å². The van der Waals surface area contributed by atoms with Crippen LogP contribution < -0.4 is 17.0 Å². The summed E-state index contributed by atoms with van der Waals surface area (Å²) in [6, 6.07) is 0. The number of aliphatic hydroxyl groups excluding tert-OH is 2. The van der Waals surface area contributed by atoms with Gasteiger partial charge in [-0.3, -0.25) is 28.0 Å². The molecule has 4 aromatic heterocycles. The first-order valence-electron chi connectivity index (χ1n) is 12.9. The van der Waals surface area contributed by atoms with Crippen molar-refractivity contribution in [3.63, 3.8) is 0 Å². The van der Waals surface area contributed by atoms with E-state index in [1.807, 2.05) is 0 Å². The first-order chi connectivity index (χ1) is 21.3. The number of halogens is 1. The molecule has 21 nitrogen and oxygen atoms in total. The molecule has 0 amide bonds. The van der Waals surface area contributed by atoms with E-state index in [9.17, 15) is 24.5 Å². The van der Waals surface area contributed by atoms with Gasteiger partial charge in [0.25, 0.3) is 5.56 Å². The van der Waals surface area contributed by atoms with Gasteiger partial charge >= 0.3 is 16.5 Å². The number of anilines is 2. The van der Waals surface area contributed by atoms with E-state index in [1.54, 1.807) is 0 Å². The number of alkyl halides is 1. The summed E-state index contributed by atoms with van der Waals surface area (Å²) in [7, 11) is -5.76. The number of rotatable bonds is 8. The first kappa shape index (κ1) is 32.8. The summed E-state index contributed by atoms with van der Waals surface area (Å²) in [5.41, 5.74) is 8.70. The van der Waals surface area contributed by atoms with Crippen LogP contribution in [0.3, 0.4) is 0 Å². The summed E-state index contributed by atoms with van der Waals surface area (Å²) in [5, 5.41) is 20.3. The number of hydrogen-bond donors (Lipinski definition) is 7. The smallest absolute Gasteiger partial charge is 0.394 e. The van der Waals surface area contributed by atoms with Crippen LogP contribution in [0.2, 0.25) is 0 Å². The molecule has 45 heavy (non-hydrogen) atoms. The van der Waals surface area contributed by atoms with E-state index in [1.165, 1.54) is 21.8 Å². The van der Waals surface area contributed by atoms with Crippen LogP contribution in [0.4, 0.5) is 16.2 Å². The van der Waals surface area contributed by atoms with E-state index in [0.29, 0.717) is 0 Å². The minimum atomic E-state index is -4.92. The average Bonchev–Trinajstić information content (AvgIpc) is 3.73. The van der Waals surface area contributed by atoms with Crippen molar-refractivity contribution in [2.24, 2.45) is 0 Å². The number of aliphatic hydroxyl groups is 2. The van der Waals surface area contributed by atoms with Crippen molar-refractivity contribution in [1.29, 1.82) is 0 Å². The molecule has 0 aliphatic carbocycles. The topological polar surface area (TPSA) is 311 Å². The van der Waals surface area contributed by atoms with Crippen LogP contribution in [-0.4, -0.2) is 102 Å². The fraction of sp³-hybridized carbons (Fsp3) is 0.524. The Bertz CT molecular complexity index is 1800. The van der Waals surface area contributed by atoms with Gasteiger partial charge in [-0.2, -0.15) is 4.98 Å². The number of imidazole rings is 2. The van der Waals surface area contributed by atoms with Crippen molar-refractivity contribution in [3.8, 4) is 0 Å². The maximum atomic E-state index is 15.7. The number of fused-ring (bicyclic) bond motifs is 2. The van der Waals surface area contributed by atoms with Crippen molar-refractivity contribution in [2.75, 3.05) is 24.7 Å². The lowest BCUT2D eigenvalue weighted by atomic mass is 9.98. The molecule has 2 saturated heterocycles. The van der Waals surface area contributed by atoms with Crippen molar-refractivity contribution in [3.05, 3.63) is 29.3 Å². The number of aromatic nitrogens is 8. The lowest BCUT2D eigenvalue weighted by molar-refractivity contribution is -0.0637. The summed E-state index contributed by atoms with van der Waals surface area (Å²) in [6.45, 7) is -0.115. The number of H-pyrrole nitrogens is 1. The Kier molecular flexibility index (Phi) is 9.25.